The molecule has 2 heterocycles. The minimum absolute atomic E-state index is 0.347. The van der Waals surface area contributed by atoms with Crippen molar-refractivity contribution < 1.29 is 19.2 Å². The number of rotatable bonds is 3. The molecule has 1 aromatic carbocycles. The van der Waals surface area contributed by atoms with E-state index in [4.69, 9.17) is 16.3 Å². The lowest BCUT2D eigenvalue weighted by Gasteiger charge is -2.40. The summed E-state index contributed by atoms with van der Waals surface area (Å²) in [5, 5.41) is 2.73. The molecule has 1 unspecified atom stereocenters. The van der Waals surface area contributed by atoms with Gasteiger partial charge in [0.25, 0.3) is 5.91 Å². The molecule has 3 atom stereocenters. The lowest BCUT2D eigenvalue weighted by Crippen LogP contribution is -3.18. The van der Waals surface area contributed by atoms with E-state index < -0.39 is 12.0 Å². The van der Waals surface area contributed by atoms with Crippen molar-refractivity contribution >= 4 is 23.6 Å². The molecule has 6 heteroatoms. The highest BCUT2D eigenvalue weighted by Gasteiger charge is 2.37. The highest BCUT2D eigenvalue weighted by atomic mass is 35.5. The quantitative estimate of drug-likeness (QED) is 0.876. The Hall–Kier alpha value is -1.59. The van der Waals surface area contributed by atoms with Gasteiger partial charge in [-0.1, -0.05) is 17.7 Å². The third kappa shape index (κ3) is 4.28. The Morgan fingerprint density at radius 3 is 2.88 bits per heavy atom. The number of carbonyl (C=O) groups excluding carboxylic acids is 2. The SMILES string of the molecule is O=C(NC(=O)c1cccc(Cl)c1)OC[C@@H]1CCC[NH+]2CCCC[C@@H]12. The van der Waals surface area contributed by atoms with E-state index in [-0.39, 0.29) is 0 Å². The summed E-state index contributed by atoms with van der Waals surface area (Å²) in [5.74, 6) is -0.0860. The summed E-state index contributed by atoms with van der Waals surface area (Å²) in [6.45, 7) is 2.87. The molecule has 24 heavy (non-hydrogen) atoms. The van der Waals surface area contributed by atoms with Gasteiger partial charge in [0.2, 0.25) is 0 Å². The van der Waals surface area contributed by atoms with Crippen LogP contribution in [0.4, 0.5) is 4.79 Å². The van der Waals surface area contributed by atoms with Crippen molar-refractivity contribution in [2.24, 2.45) is 5.92 Å². The number of fused-ring (bicyclic) bond motifs is 1. The average Bonchev–Trinajstić information content (AvgIpc) is 2.60. The minimum atomic E-state index is -0.678. The van der Waals surface area contributed by atoms with Crippen LogP contribution in [0.1, 0.15) is 42.5 Å². The topological polar surface area (TPSA) is 59.8 Å². The third-order valence-electron chi connectivity index (χ3n) is 5.16. The van der Waals surface area contributed by atoms with E-state index in [0.717, 1.165) is 6.42 Å². The second-order valence-electron chi connectivity index (χ2n) is 6.73. The van der Waals surface area contributed by atoms with Gasteiger partial charge in [0.15, 0.2) is 0 Å². The number of imide groups is 1. The summed E-state index contributed by atoms with van der Waals surface area (Å²) in [4.78, 5) is 25.6. The molecule has 0 spiro atoms. The predicted molar refractivity (Wildman–Crippen MR) is 91.3 cm³/mol. The van der Waals surface area contributed by atoms with E-state index in [1.165, 1.54) is 44.8 Å². The number of benzene rings is 1. The first-order valence-electron chi connectivity index (χ1n) is 8.72. The highest BCUT2D eigenvalue weighted by molar-refractivity contribution is 6.31. The fourth-order valence-corrected chi connectivity index (χ4v) is 4.18. The molecule has 0 aromatic heterocycles. The van der Waals surface area contributed by atoms with Crippen LogP contribution in [0.3, 0.4) is 0 Å². The normalized spacial score (nSPS) is 26.3. The molecule has 2 saturated heterocycles. The zero-order valence-corrected chi connectivity index (χ0v) is 14.5. The molecule has 0 radical (unpaired) electrons. The van der Waals surface area contributed by atoms with Crippen molar-refractivity contribution in [1.29, 1.82) is 0 Å². The maximum Gasteiger partial charge on any atom is 0.414 e. The van der Waals surface area contributed by atoms with E-state index in [1.54, 1.807) is 23.1 Å². The van der Waals surface area contributed by atoms with Gasteiger partial charge in [-0.3, -0.25) is 10.1 Å². The van der Waals surface area contributed by atoms with Gasteiger partial charge in [-0.25, -0.2) is 4.79 Å². The van der Waals surface area contributed by atoms with Crippen LogP contribution >= 0.6 is 11.6 Å². The van der Waals surface area contributed by atoms with E-state index >= 15 is 0 Å². The number of carbonyl (C=O) groups is 2. The molecule has 5 nitrogen and oxygen atoms in total. The first-order valence-corrected chi connectivity index (χ1v) is 9.09. The monoisotopic (exact) mass is 351 g/mol. The van der Waals surface area contributed by atoms with Crippen molar-refractivity contribution in [1.82, 2.24) is 5.32 Å². The molecule has 0 saturated carbocycles. The molecule has 2 amide bonds. The minimum Gasteiger partial charge on any atom is -0.449 e. The average molecular weight is 352 g/mol. The van der Waals surface area contributed by atoms with Crippen LogP contribution in [-0.4, -0.2) is 37.7 Å². The maximum absolute atomic E-state index is 12.0. The molecule has 2 aliphatic heterocycles. The summed E-state index contributed by atoms with van der Waals surface area (Å²) >= 11 is 5.85. The zero-order valence-electron chi connectivity index (χ0n) is 13.7. The Kier molecular flexibility index (Phi) is 5.74. The first kappa shape index (κ1) is 17.2. The van der Waals surface area contributed by atoms with Gasteiger partial charge in [-0.2, -0.15) is 0 Å². The second-order valence-corrected chi connectivity index (χ2v) is 7.16. The van der Waals surface area contributed by atoms with Gasteiger partial charge in [0.1, 0.15) is 6.61 Å². The number of alkyl carbamates (subject to hydrolysis) is 1. The summed E-state index contributed by atoms with van der Waals surface area (Å²) in [6.07, 6.45) is 5.39. The van der Waals surface area contributed by atoms with Gasteiger partial charge >= 0.3 is 6.09 Å². The number of hydrogen-bond acceptors (Lipinski definition) is 3. The number of nitrogens with one attached hydrogen (secondary N) is 2. The van der Waals surface area contributed by atoms with Gasteiger partial charge < -0.3 is 9.64 Å². The second kappa shape index (κ2) is 7.99. The molecular weight excluding hydrogens is 328 g/mol. The van der Waals surface area contributed by atoms with Crippen molar-refractivity contribution in [2.75, 3.05) is 19.7 Å². The lowest BCUT2D eigenvalue weighted by atomic mass is 9.84. The Morgan fingerprint density at radius 1 is 1.21 bits per heavy atom. The summed E-state index contributed by atoms with van der Waals surface area (Å²) in [7, 11) is 0. The van der Waals surface area contributed by atoms with Crippen LogP contribution in [0.25, 0.3) is 0 Å². The van der Waals surface area contributed by atoms with E-state index in [9.17, 15) is 9.59 Å². The number of ether oxygens (including phenoxy) is 1. The van der Waals surface area contributed by atoms with Crippen molar-refractivity contribution in [3.63, 3.8) is 0 Å². The molecular formula is C18H24ClN2O3+. The number of amides is 2. The fraction of sp³-hybridized carbons (Fsp3) is 0.556. The number of hydrogen-bond donors (Lipinski definition) is 2. The van der Waals surface area contributed by atoms with E-state index in [1.807, 2.05) is 0 Å². The van der Waals surface area contributed by atoms with Crippen molar-refractivity contribution in [3.05, 3.63) is 34.9 Å². The van der Waals surface area contributed by atoms with Gasteiger partial charge in [0.05, 0.1) is 19.1 Å². The summed E-state index contributed by atoms with van der Waals surface area (Å²) < 4.78 is 5.34. The van der Waals surface area contributed by atoms with Crippen molar-refractivity contribution in [3.8, 4) is 0 Å². The van der Waals surface area contributed by atoms with Crippen LogP contribution in [0.5, 0.6) is 0 Å². The summed E-state index contributed by atoms with van der Waals surface area (Å²) in [5.41, 5.74) is 0.347. The highest BCUT2D eigenvalue weighted by Crippen LogP contribution is 2.20. The standard InChI is InChI=1S/C18H23ClN2O3/c19-15-7-3-5-13(11-15)17(22)20-18(23)24-12-14-6-4-10-21-9-2-1-8-16(14)21/h3,5,7,11,14,16H,1-2,4,6,8-10,12H2,(H,20,22,23)/p+1/t14-,16-/m0/s1. The predicted octanol–water partition coefficient (Wildman–Crippen LogP) is 2.05. The van der Waals surface area contributed by atoms with Crippen LogP contribution in [-0.2, 0) is 4.74 Å². The zero-order chi connectivity index (χ0) is 16.9. The van der Waals surface area contributed by atoms with Gasteiger partial charge in [-0.15, -0.1) is 0 Å². The molecule has 2 fully saturated rings. The molecule has 3 rings (SSSR count). The lowest BCUT2D eigenvalue weighted by molar-refractivity contribution is -0.940. The largest absolute Gasteiger partial charge is 0.449 e. The van der Waals surface area contributed by atoms with Crippen LogP contribution in [0.15, 0.2) is 24.3 Å². The Balaban J connectivity index is 1.49. The first-order chi connectivity index (χ1) is 11.6. The van der Waals surface area contributed by atoms with E-state index in [2.05, 4.69) is 5.32 Å². The molecule has 0 bridgehead atoms. The van der Waals surface area contributed by atoms with Crippen LogP contribution in [0, 0.1) is 5.92 Å². The van der Waals surface area contributed by atoms with Crippen LogP contribution in [0.2, 0.25) is 5.02 Å². The Labute approximate surface area is 147 Å². The fourth-order valence-electron chi connectivity index (χ4n) is 3.99. The number of halogens is 1. The smallest absolute Gasteiger partial charge is 0.414 e. The molecule has 0 aliphatic carbocycles. The Morgan fingerprint density at radius 2 is 2.04 bits per heavy atom. The van der Waals surface area contributed by atoms with Crippen LogP contribution < -0.4 is 10.2 Å². The molecule has 2 aliphatic rings. The Bertz CT molecular complexity index is 606. The van der Waals surface area contributed by atoms with Gasteiger partial charge in [0, 0.05) is 16.5 Å². The van der Waals surface area contributed by atoms with Crippen molar-refractivity contribution in [2.45, 2.75) is 38.1 Å². The number of piperidine rings is 2. The maximum atomic E-state index is 12.0. The third-order valence-corrected chi connectivity index (χ3v) is 5.40. The molecule has 1 aromatic rings. The number of quaternary nitrogens is 1. The van der Waals surface area contributed by atoms with E-state index in [0.29, 0.717) is 29.2 Å². The molecule has 2 N–H and O–H groups in total. The van der Waals surface area contributed by atoms with Gasteiger partial charge in [-0.05, 0) is 50.3 Å². The summed E-state index contributed by atoms with van der Waals surface area (Å²) in [6, 6.07) is 7.08. The molecule has 130 valence electrons.